The van der Waals surface area contributed by atoms with Gasteiger partial charge >= 0.3 is 0 Å². The van der Waals surface area contributed by atoms with E-state index in [4.69, 9.17) is 4.42 Å². The smallest absolute Gasteiger partial charge is 0.257 e. The topological polar surface area (TPSA) is 36.7 Å². The van der Waals surface area contributed by atoms with Crippen molar-refractivity contribution in [2.45, 2.75) is 27.3 Å². The van der Waals surface area contributed by atoms with Crippen molar-refractivity contribution in [3.05, 3.63) is 58.5 Å². The fraction of sp³-hybridized carbons (Fsp3) is 0.421. The number of furan rings is 1. The number of aryl methyl sites for hydroxylation is 3. The molecule has 122 valence electrons. The number of piperazine rings is 1. The number of hydrogen-bond donors (Lipinski definition) is 0. The summed E-state index contributed by atoms with van der Waals surface area (Å²) in [5, 5.41) is 0. The van der Waals surface area contributed by atoms with Gasteiger partial charge in [-0.2, -0.15) is 0 Å². The Bertz CT molecular complexity index is 697. The molecule has 4 nitrogen and oxygen atoms in total. The van der Waals surface area contributed by atoms with Gasteiger partial charge in [0.2, 0.25) is 0 Å². The van der Waals surface area contributed by atoms with Gasteiger partial charge in [0.1, 0.15) is 11.5 Å². The van der Waals surface area contributed by atoms with E-state index in [1.807, 2.05) is 24.8 Å². The third-order valence-corrected chi connectivity index (χ3v) is 4.42. The van der Waals surface area contributed by atoms with Crippen LogP contribution in [0.25, 0.3) is 0 Å². The highest BCUT2D eigenvalue weighted by Gasteiger charge is 2.24. The van der Waals surface area contributed by atoms with Crippen LogP contribution in [0.1, 0.15) is 33.0 Å². The molecule has 0 N–H and O–H groups in total. The van der Waals surface area contributed by atoms with Gasteiger partial charge in [-0.1, -0.05) is 29.8 Å². The Kier molecular flexibility index (Phi) is 4.53. The molecule has 3 rings (SSSR count). The van der Waals surface area contributed by atoms with Crippen molar-refractivity contribution in [3.63, 3.8) is 0 Å². The van der Waals surface area contributed by atoms with E-state index in [1.165, 1.54) is 11.1 Å². The van der Waals surface area contributed by atoms with Gasteiger partial charge in [-0.25, -0.2) is 0 Å². The maximum atomic E-state index is 12.6. The lowest BCUT2D eigenvalue weighted by atomic mass is 10.1. The fourth-order valence-corrected chi connectivity index (χ4v) is 3.19. The van der Waals surface area contributed by atoms with E-state index in [0.717, 1.165) is 44.2 Å². The molecule has 1 saturated heterocycles. The molecular formula is C19H24N2O2. The summed E-state index contributed by atoms with van der Waals surface area (Å²) in [6.07, 6.45) is 0. The summed E-state index contributed by atoms with van der Waals surface area (Å²) in [6, 6.07) is 10.5. The van der Waals surface area contributed by atoms with Gasteiger partial charge in [-0.05, 0) is 32.4 Å². The third kappa shape index (κ3) is 3.64. The largest absolute Gasteiger partial charge is 0.466 e. The molecule has 0 aliphatic carbocycles. The van der Waals surface area contributed by atoms with Crippen LogP contribution in [0.4, 0.5) is 0 Å². The second-order valence-corrected chi connectivity index (χ2v) is 6.38. The quantitative estimate of drug-likeness (QED) is 0.873. The summed E-state index contributed by atoms with van der Waals surface area (Å²) < 4.78 is 5.48. The van der Waals surface area contributed by atoms with Crippen LogP contribution < -0.4 is 0 Å². The van der Waals surface area contributed by atoms with E-state index in [-0.39, 0.29) is 5.91 Å². The van der Waals surface area contributed by atoms with Crippen molar-refractivity contribution >= 4 is 5.91 Å². The van der Waals surface area contributed by atoms with Gasteiger partial charge in [0.25, 0.3) is 5.91 Å². The monoisotopic (exact) mass is 312 g/mol. The highest BCUT2D eigenvalue weighted by molar-refractivity contribution is 5.95. The minimum Gasteiger partial charge on any atom is -0.466 e. The summed E-state index contributed by atoms with van der Waals surface area (Å²) in [5.74, 6) is 1.60. The van der Waals surface area contributed by atoms with Gasteiger partial charge in [0, 0.05) is 32.7 Å². The first-order valence-electron chi connectivity index (χ1n) is 8.17. The molecule has 1 aliphatic rings. The maximum Gasteiger partial charge on any atom is 0.257 e. The molecule has 1 amide bonds. The maximum absolute atomic E-state index is 12.6. The molecular weight excluding hydrogens is 288 g/mol. The number of carbonyl (C=O) groups excluding carboxylic acids is 1. The minimum absolute atomic E-state index is 0.0922. The van der Waals surface area contributed by atoms with Gasteiger partial charge in [-0.15, -0.1) is 0 Å². The average molecular weight is 312 g/mol. The van der Waals surface area contributed by atoms with Crippen LogP contribution in [0.5, 0.6) is 0 Å². The van der Waals surface area contributed by atoms with Crippen LogP contribution in [0.3, 0.4) is 0 Å². The van der Waals surface area contributed by atoms with E-state index in [0.29, 0.717) is 5.56 Å². The number of nitrogens with zero attached hydrogens (tertiary/aromatic N) is 2. The fourth-order valence-electron chi connectivity index (χ4n) is 3.19. The lowest BCUT2D eigenvalue weighted by molar-refractivity contribution is 0.0627. The number of hydrogen-bond acceptors (Lipinski definition) is 3. The number of amides is 1. The second kappa shape index (κ2) is 6.59. The van der Waals surface area contributed by atoms with Crippen molar-refractivity contribution in [3.8, 4) is 0 Å². The highest BCUT2D eigenvalue weighted by atomic mass is 16.3. The molecule has 0 saturated carbocycles. The molecule has 2 aromatic rings. The normalized spacial score (nSPS) is 15.9. The van der Waals surface area contributed by atoms with Crippen molar-refractivity contribution < 1.29 is 9.21 Å². The van der Waals surface area contributed by atoms with E-state index < -0.39 is 0 Å². The molecule has 0 bridgehead atoms. The van der Waals surface area contributed by atoms with Crippen molar-refractivity contribution in [1.29, 1.82) is 0 Å². The van der Waals surface area contributed by atoms with Gasteiger partial charge in [0.05, 0.1) is 5.56 Å². The molecule has 1 fully saturated rings. The average Bonchev–Trinajstić information content (AvgIpc) is 2.86. The SMILES string of the molecule is Cc1cccc(CN2CCN(C(=O)c3cc(C)oc3C)CC2)c1. The summed E-state index contributed by atoms with van der Waals surface area (Å²) in [7, 11) is 0. The molecule has 0 radical (unpaired) electrons. The van der Waals surface area contributed by atoms with Crippen LogP contribution in [0, 0.1) is 20.8 Å². The number of benzene rings is 1. The van der Waals surface area contributed by atoms with Crippen LogP contribution in [-0.4, -0.2) is 41.9 Å². The predicted molar refractivity (Wildman–Crippen MR) is 90.5 cm³/mol. The Balaban J connectivity index is 1.58. The first-order valence-corrected chi connectivity index (χ1v) is 8.17. The van der Waals surface area contributed by atoms with Gasteiger partial charge in [-0.3, -0.25) is 9.69 Å². The number of carbonyl (C=O) groups is 1. The highest BCUT2D eigenvalue weighted by Crippen LogP contribution is 2.18. The van der Waals surface area contributed by atoms with Gasteiger partial charge < -0.3 is 9.32 Å². The molecule has 23 heavy (non-hydrogen) atoms. The minimum atomic E-state index is 0.0922. The van der Waals surface area contributed by atoms with E-state index in [9.17, 15) is 4.79 Å². The molecule has 4 heteroatoms. The Morgan fingerprint density at radius 2 is 1.83 bits per heavy atom. The van der Waals surface area contributed by atoms with Crippen LogP contribution >= 0.6 is 0 Å². The molecule has 2 heterocycles. The van der Waals surface area contributed by atoms with Crippen LogP contribution in [0.15, 0.2) is 34.7 Å². The first-order chi connectivity index (χ1) is 11.0. The lowest BCUT2D eigenvalue weighted by Crippen LogP contribution is -2.48. The van der Waals surface area contributed by atoms with E-state index in [1.54, 1.807) is 0 Å². The predicted octanol–water partition coefficient (Wildman–Crippen LogP) is 3.16. The molecule has 0 unspecified atom stereocenters. The second-order valence-electron chi connectivity index (χ2n) is 6.38. The third-order valence-electron chi connectivity index (χ3n) is 4.42. The summed E-state index contributed by atoms with van der Waals surface area (Å²) in [6.45, 7) is 10.2. The molecule has 0 spiro atoms. The van der Waals surface area contributed by atoms with Gasteiger partial charge in [0.15, 0.2) is 0 Å². The van der Waals surface area contributed by atoms with E-state index in [2.05, 4.69) is 36.1 Å². The summed E-state index contributed by atoms with van der Waals surface area (Å²) >= 11 is 0. The first kappa shape index (κ1) is 15.8. The standard InChI is InChI=1S/C19H24N2O2/c1-14-5-4-6-17(11-14)13-20-7-9-21(10-8-20)19(22)18-12-15(2)23-16(18)3/h4-6,11-12H,7-10,13H2,1-3H3. The van der Waals surface area contributed by atoms with Crippen LogP contribution in [-0.2, 0) is 6.54 Å². The lowest BCUT2D eigenvalue weighted by Gasteiger charge is -2.34. The molecule has 1 aliphatic heterocycles. The van der Waals surface area contributed by atoms with Crippen molar-refractivity contribution in [2.24, 2.45) is 0 Å². The zero-order chi connectivity index (χ0) is 16.4. The zero-order valence-corrected chi connectivity index (χ0v) is 14.1. The van der Waals surface area contributed by atoms with Crippen molar-refractivity contribution in [2.75, 3.05) is 26.2 Å². The van der Waals surface area contributed by atoms with Crippen molar-refractivity contribution in [1.82, 2.24) is 9.80 Å². The zero-order valence-electron chi connectivity index (χ0n) is 14.1. The Hall–Kier alpha value is -2.07. The van der Waals surface area contributed by atoms with Crippen LogP contribution in [0.2, 0.25) is 0 Å². The molecule has 1 aromatic heterocycles. The Labute approximate surface area is 137 Å². The number of rotatable bonds is 3. The summed E-state index contributed by atoms with van der Waals surface area (Å²) in [4.78, 5) is 16.9. The molecule has 0 atom stereocenters. The summed E-state index contributed by atoms with van der Waals surface area (Å²) in [5.41, 5.74) is 3.34. The van der Waals surface area contributed by atoms with E-state index >= 15 is 0 Å². The molecule has 1 aromatic carbocycles. The Morgan fingerprint density at radius 3 is 2.43 bits per heavy atom. The Morgan fingerprint density at radius 1 is 1.09 bits per heavy atom.